The van der Waals surface area contributed by atoms with Gasteiger partial charge in [0.25, 0.3) is 5.69 Å². The van der Waals surface area contributed by atoms with E-state index >= 15 is 0 Å². The molecule has 0 aliphatic rings. The molecule has 8 heteroatoms. The molecule has 0 saturated carbocycles. The number of nitrogens with zero attached hydrogens (tertiary/aromatic N) is 1. The number of carbonyl (C=O) groups is 1. The van der Waals surface area contributed by atoms with Gasteiger partial charge in [-0.15, -0.1) is 0 Å². The predicted octanol–water partition coefficient (Wildman–Crippen LogP) is 0.628. The monoisotopic (exact) mass is 270 g/mol. The minimum atomic E-state index is -1.59. The molecule has 0 saturated heterocycles. The molecule has 2 atom stereocenters. The third-order valence-electron chi connectivity index (χ3n) is 1.97. The first-order chi connectivity index (χ1) is 8.41. The number of nitrogens with two attached hydrogens (primary N) is 1. The molecule has 7 nitrogen and oxygen atoms in total. The molecule has 0 bridgehead atoms. The molecule has 0 heterocycles. The second-order valence-electron chi connectivity index (χ2n) is 3.24. The quantitative estimate of drug-likeness (QED) is 0.597. The van der Waals surface area contributed by atoms with Gasteiger partial charge in [0.05, 0.1) is 15.7 Å². The molecule has 0 amide bonds. The minimum Gasteiger partial charge on any atom is -0.480 e. The van der Waals surface area contributed by atoms with Crippen LogP contribution in [-0.2, 0) is 15.6 Å². The normalized spacial score (nSPS) is 14.3. The van der Waals surface area contributed by atoms with Gasteiger partial charge in [-0.1, -0.05) is 0 Å². The number of aliphatic carboxylic acids is 1. The molecule has 0 fully saturated rings. The van der Waals surface area contributed by atoms with E-state index in [0.29, 0.717) is 4.90 Å². The summed E-state index contributed by atoms with van der Waals surface area (Å²) in [5.41, 5.74) is 5.09. The van der Waals surface area contributed by atoms with Crippen molar-refractivity contribution >= 4 is 22.5 Å². The number of carboxylic acid groups (broad SMARTS) is 1. The number of non-ortho nitro benzene ring substituents is 1. The molecule has 0 aromatic heterocycles. The molecule has 3 N–H and O–H groups in total. The largest absolute Gasteiger partial charge is 0.480 e. The smallest absolute Gasteiger partial charge is 0.324 e. The van der Waals surface area contributed by atoms with E-state index in [1.807, 2.05) is 0 Å². The van der Waals surface area contributed by atoms with Crippen LogP contribution in [0.1, 0.15) is 0 Å². The fraction of sp³-hybridized carbons (Fsp3) is 0.100. The maximum atomic E-state index is 11.7. The van der Waals surface area contributed by atoms with E-state index in [2.05, 4.69) is 0 Å². The zero-order chi connectivity index (χ0) is 13.7. The Labute approximate surface area is 105 Å². The molecule has 1 aromatic rings. The van der Waals surface area contributed by atoms with E-state index in [1.54, 1.807) is 0 Å². The first-order valence-electron chi connectivity index (χ1n) is 4.73. The Bertz CT molecular complexity index is 512. The predicted molar refractivity (Wildman–Crippen MR) is 64.3 cm³/mol. The van der Waals surface area contributed by atoms with Crippen molar-refractivity contribution in [2.45, 2.75) is 10.9 Å². The molecule has 0 aliphatic heterocycles. The molecular formula is C10H10N2O5S. The van der Waals surface area contributed by atoms with Crippen molar-refractivity contribution < 1.29 is 19.0 Å². The number of nitro groups is 1. The van der Waals surface area contributed by atoms with Gasteiger partial charge in [-0.2, -0.15) is 0 Å². The highest BCUT2D eigenvalue weighted by molar-refractivity contribution is 7.88. The van der Waals surface area contributed by atoms with Gasteiger partial charge in [0.1, 0.15) is 6.04 Å². The topological polar surface area (TPSA) is 124 Å². The van der Waals surface area contributed by atoms with Crippen LogP contribution >= 0.6 is 0 Å². The summed E-state index contributed by atoms with van der Waals surface area (Å²) in [4.78, 5) is 20.6. The highest BCUT2D eigenvalue weighted by atomic mass is 32.2. The summed E-state index contributed by atoms with van der Waals surface area (Å²) in [6, 6.07) is 3.89. The van der Waals surface area contributed by atoms with E-state index < -0.39 is 27.7 Å². The lowest BCUT2D eigenvalue weighted by Crippen LogP contribution is -2.27. The second kappa shape index (κ2) is 6.03. The van der Waals surface area contributed by atoms with Gasteiger partial charge in [0, 0.05) is 22.4 Å². The highest BCUT2D eigenvalue weighted by Crippen LogP contribution is 2.15. The Hall–Kier alpha value is -2.06. The van der Waals surface area contributed by atoms with Crippen molar-refractivity contribution in [2.24, 2.45) is 5.73 Å². The van der Waals surface area contributed by atoms with Crippen LogP contribution in [0.25, 0.3) is 0 Å². The third-order valence-corrected chi connectivity index (χ3v) is 3.12. The number of nitro benzene ring substituents is 1. The van der Waals surface area contributed by atoms with Gasteiger partial charge in [-0.3, -0.25) is 14.9 Å². The first kappa shape index (κ1) is 14.0. The van der Waals surface area contributed by atoms with Crippen LogP contribution in [0, 0.1) is 10.1 Å². The number of hydrogen-bond acceptors (Lipinski definition) is 5. The molecule has 96 valence electrons. The van der Waals surface area contributed by atoms with Crippen LogP contribution in [0.4, 0.5) is 5.69 Å². The molecule has 0 aliphatic carbocycles. The molecule has 0 spiro atoms. The van der Waals surface area contributed by atoms with Gasteiger partial charge in [0.2, 0.25) is 0 Å². The van der Waals surface area contributed by atoms with Crippen LogP contribution in [-0.4, -0.2) is 26.2 Å². The first-order valence-corrected chi connectivity index (χ1v) is 5.95. The summed E-state index contributed by atoms with van der Waals surface area (Å²) >= 11 is 0. The van der Waals surface area contributed by atoms with E-state index in [-0.39, 0.29) is 5.69 Å². The number of benzene rings is 1. The summed E-state index contributed by atoms with van der Waals surface area (Å²) < 4.78 is 11.7. The summed E-state index contributed by atoms with van der Waals surface area (Å²) in [5, 5.41) is 20.1. The van der Waals surface area contributed by atoms with Gasteiger partial charge in [0.15, 0.2) is 0 Å². The van der Waals surface area contributed by atoms with Crippen LogP contribution in [0.5, 0.6) is 0 Å². The van der Waals surface area contributed by atoms with Crippen molar-refractivity contribution in [3.8, 4) is 0 Å². The van der Waals surface area contributed by atoms with Crippen molar-refractivity contribution in [1.29, 1.82) is 0 Å². The van der Waals surface area contributed by atoms with Gasteiger partial charge < -0.3 is 10.8 Å². The number of rotatable bonds is 5. The van der Waals surface area contributed by atoms with Crippen molar-refractivity contribution in [3.63, 3.8) is 0 Å². The lowest BCUT2D eigenvalue weighted by molar-refractivity contribution is -0.384. The number of carboxylic acids is 1. The molecule has 1 rings (SSSR count). The standard InChI is InChI=1S/C10H10N2O5S/c11-9(10(13)14)5-6-18(17)8-3-1-7(2-4-8)12(15)16/h1-6,9H,11H2,(H,13,14)/b6-5+. The Kier molecular flexibility index (Phi) is 4.69. The Morgan fingerprint density at radius 2 is 2.00 bits per heavy atom. The average molecular weight is 270 g/mol. The van der Waals surface area contributed by atoms with Crippen LogP contribution in [0.15, 0.2) is 40.6 Å². The van der Waals surface area contributed by atoms with E-state index in [1.165, 1.54) is 24.3 Å². The molecule has 0 radical (unpaired) electrons. The lowest BCUT2D eigenvalue weighted by atomic mass is 10.3. The molecule has 2 unspecified atom stereocenters. The molecular weight excluding hydrogens is 260 g/mol. The Balaban J connectivity index is 2.79. The fourth-order valence-corrected chi connectivity index (χ4v) is 1.89. The maximum Gasteiger partial charge on any atom is 0.324 e. The summed E-state index contributed by atoms with van der Waals surface area (Å²) in [7, 11) is -1.59. The van der Waals surface area contributed by atoms with Gasteiger partial charge in [-0.05, 0) is 18.2 Å². The van der Waals surface area contributed by atoms with Gasteiger partial charge in [-0.25, -0.2) is 4.21 Å². The van der Waals surface area contributed by atoms with Crippen LogP contribution < -0.4 is 5.73 Å². The average Bonchev–Trinajstić information content (AvgIpc) is 2.35. The Morgan fingerprint density at radius 3 is 2.44 bits per heavy atom. The summed E-state index contributed by atoms with van der Waals surface area (Å²) in [6.07, 6.45) is 1.10. The molecule has 18 heavy (non-hydrogen) atoms. The van der Waals surface area contributed by atoms with E-state index in [9.17, 15) is 19.1 Å². The molecule has 1 aromatic carbocycles. The SMILES string of the molecule is NC(/C=C/S(=O)c1ccc([N+](=O)[O-])cc1)C(=O)O. The lowest BCUT2D eigenvalue weighted by Gasteiger charge is -1.99. The highest BCUT2D eigenvalue weighted by Gasteiger charge is 2.09. The van der Waals surface area contributed by atoms with Crippen molar-refractivity contribution in [2.75, 3.05) is 0 Å². The summed E-state index contributed by atoms with van der Waals surface area (Å²) in [6.45, 7) is 0. The number of hydrogen-bond donors (Lipinski definition) is 2. The van der Waals surface area contributed by atoms with Gasteiger partial charge >= 0.3 is 5.97 Å². The van der Waals surface area contributed by atoms with Crippen LogP contribution in [0.2, 0.25) is 0 Å². The minimum absolute atomic E-state index is 0.109. The zero-order valence-electron chi connectivity index (χ0n) is 9.05. The second-order valence-corrected chi connectivity index (χ2v) is 4.58. The van der Waals surface area contributed by atoms with Crippen molar-refractivity contribution in [1.82, 2.24) is 0 Å². The van der Waals surface area contributed by atoms with E-state index in [4.69, 9.17) is 10.8 Å². The maximum absolute atomic E-state index is 11.7. The zero-order valence-corrected chi connectivity index (χ0v) is 9.87. The Morgan fingerprint density at radius 1 is 1.44 bits per heavy atom. The van der Waals surface area contributed by atoms with Crippen molar-refractivity contribution in [3.05, 3.63) is 45.9 Å². The summed E-state index contributed by atoms with van der Waals surface area (Å²) in [5.74, 6) is -1.23. The van der Waals surface area contributed by atoms with E-state index in [0.717, 1.165) is 11.5 Å². The van der Waals surface area contributed by atoms with Crippen LogP contribution in [0.3, 0.4) is 0 Å². The third kappa shape index (κ3) is 3.75. The fourth-order valence-electron chi connectivity index (χ4n) is 1.02.